The average Bonchev–Trinajstić information content (AvgIpc) is 2.35. The van der Waals surface area contributed by atoms with Crippen molar-refractivity contribution < 1.29 is 4.74 Å². The molecule has 0 aliphatic heterocycles. The standard InChI is InChI=1S/C18H32N2O/c1-13(2)21-9-8-20(7)12-17(19-6)18-15(4)10-14(3)11-16(18)5/h10-11,13,17,19H,8-9,12H2,1-7H3. The first-order valence-corrected chi connectivity index (χ1v) is 7.90. The lowest BCUT2D eigenvalue weighted by atomic mass is 9.94. The van der Waals surface area contributed by atoms with Gasteiger partial charge in [-0.1, -0.05) is 17.7 Å². The molecule has 0 saturated carbocycles. The van der Waals surface area contributed by atoms with Crippen LogP contribution in [0.5, 0.6) is 0 Å². The Morgan fingerprint density at radius 2 is 1.71 bits per heavy atom. The van der Waals surface area contributed by atoms with Crippen LogP contribution in [-0.4, -0.2) is 44.8 Å². The minimum Gasteiger partial charge on any atom is -0.377 e. The summed E-state index contributed by atoms with van der Waals surface area (Å²) in [5, 5.41) is 3.47. The van der Waals surface area contributed by atoms with E-state index in [-0.39, 0.29) is 0 Å². The van der Waals surface area contributed by atoms with Gasteiger partial charge in [-0.15, -0.1) is 0 Å². The van der Waals surface area contributed by atoms with Gasteiger partial charge in [0.15, 0.2) is 0 Å². The Morgan fingerprint density at radius 3 is 2.19 bits per heavy atom. The molecule has 1 atom stereocenters. The summed E-state index contributed by atoms with van der Waals surface area (Å²) in [7, 11) is 4.20. The maximum Gasteiger partial charge on any atom is 0.0596 e. The van der Waals surface area contributed by atoms with Gasteiger partial charge in [0.05, 0.1) is 12.7 Å². The second-order valence-corrected chi connectivity index (χ2v) is 6.34. The molecule has 1 aromatic carbocycles. The van der Waals surface area contributed by atoms with Crippen molar-refractivity contribution >= 4 is 0 Å². The number of rotatable bonds is 8. The first-order chi connectivity index (χ1) is 9.85. The third kappa shape index (κ3) is 5.77. The normalized spacial score (nSPS) is 13.2. The predicted octanol–water partition coefficient (Wildman–Crippen LogP) is 3.23. The molecule has 0 aromatic heterocycles. The van der Waals surface area contributed by atoms with Crippen molar-refractivity contribution in [3.05, 3.63) is 34.4 Å². The molecule has 0 bridgehead atoms. The number of ether oxygens (including phenoxy) is 1. The highest BCUT2D eigenvalue weighted by atomic mass is 16.5. The van der Waals surface area contributed by atoms with Crippen LogP contribution in [0.3, 0.4) is 0 Å². The molecule has 0 saturated heterocycles. The van der Waals surface area contributed by atoms with Gasteiger partial charge >= 0.3 is 0 Å². The molecule has 21 heavy (non-hydrogen) atoms. The first kappa shape index (κ1) is 18.1. The summed E-state index contributed by atoms with van der Waals surface area (Å²) in [5.74, 6) is 0. The van der Waals surface area contributed by atoms with Crippen LogP contribution < -0.4 is 5.32 Å². The van der Waals surface area contributed by atoms with E-state index in [0.717, 1.165) is 19.7 Å². The number of hydrogen-bond acceptors (Lipinski definition) is 3. The summed E-state index contributed by atoms with van der Waals surface area (Å²) >= 11 is 0. The van der Waals surface area contributed by atoms with E-state index >= 15 is 0 Å². The quantitative estimate of drug-likeness (QED) is 0.796. The molecular weight excluding hydrogens is 260 g/mol. The van der Waals surface area contributed by atoms with Gasteiger partial charge < -0.3 is 15.0 Å². The zero-order valence-corrected chi connectivity index (χ0v) is 14.8. The minimum atomic E-state index is 0.306. The molecule has 1 N–H and O–H groups in total. The number of aryl methyl sites for hydroxylation is 3. The van der Waals surface area contributed by atoms with Gasteiger partial charge in [-0.3, -0.25) is 0 Å². The number of nitrogens with one attached hydrogen (secondary N) is 1. The summed E-state index contributed by atoms with van der Waals surface area (Å²) in [6, 6.07) is 4.90. The fourth-order valence-corrected chi connectivity index (χ4v) is 2.91. The van der Waals surface area contributed by atoms with Crippen LogP contribution in [0, 0.1) is 20.8 Å². The van der Waals surface area contributed by atoms with Crippen molar-refractivity contribution in [2.24, 2.45) is 0 Å². The lowest BCUT2D eigenvalue weighted by Crippen LogP contribution is -2.34. The van der Waals surface area contributed by atoms with Gasteiger partial charge in [-0.05, 0) is 65.4 Å². The van der Waals surface area contributed by atoms with E-state index in [1.807, 2.05) is 7.05 Å². The van der Waals surface area contributed by atoms with Crippen molar-refractivity contribution in [1.29, 1.82) is 0 Å². The Morgan fingerprint density at radius 1 is 1.14 bits per heavy atom. The predicted molar refractivity (Wildman–Crippen MR) is 91.0 cm³/mol. The lowest BCUT2D eigenvalue weighted by molar-refractivity contribution is 0.0624. The van der Waals surface area contributed by atoms with Crippen molar-refractivity contribution in [3.8, 4) is 0 Å². The third-order valence-corrected chi connectivity index (χ3v) is 3.85. The maximum absolute atomic E-state index is 5.63. The van der Waals surface area contributed by atoms with E-state index in [9.17, 15) is 0 Å². The Kier molecular flexibility index (Phi) is 7.36. The molecule has 0 spiro atoms. The second kappa shape index (κ2) is 8.52. The van der Waals surface area contributed by atoms with Crippen molar-refractivity contribution in [2.75, 3.05) is 33.8 Å². The van der Waals surface area contributed by atoms with E-state index in [0.29, 0.717) is 12.1 Å². The highest BCUT2D eigenvalue weighted by molar-refractivity contribution is 5.39. The summed E-state index contributed by atoms with van der Waals surface area (Å²) in [6.07, 6.45) is 0.306. The number of nitrogens with zero attached hydrogens (tertiary/aromatic N) is 1. The van der Waals surface area contributed by atoms with Crippen molar-refractivity contribution in [2.45, 2.75) is 46.8 Å². The summed E-state index contributed by atoms with van der Waals surface area (Å²) in [5.41, 5.74) is 5.51. The van der Waals surface area contributed by atoms with E-state index in [1.54, 1.807) is 0 Å². The SMILES string of the molecule is CNC(CN(C)CCOC(C)C)c1c(C)cc(C)cc1C. The maximum atomic E-state index is 5.63. The topological polar surface area (TPSA) is 24.5 Å². The van der Waals surface area contributed by atoms with Crippen molar-refractivity contribution in [3.63, 3.8) is 0 Å². The van der Waals surface area contributed by atoms with Gasteiger partial charge in [-0.2, -0.15) is 0 Å². The Hall–Kier alpha value is -0.900. The van der Waals surface area contributed by atoms with E-state index in [4.69, 9.17) is 4.74 Å². The molecule has 3 nitrogen and oxygen atoms in total. The number of hydrogen-bond donors (Lipinski definition) is 1. The highest BCUT2D eigenvalue weighted by Gasteiger charge is 2.16. The first-order valence-electron chi connectivity index (χ1n) is 7.90. The van der Waals surface area contributed by atoms with E-state index in [1.165, 1.54) is 22.3 Å². The third-order valence-electron chi connectivity index (χ3n) is 3.85. The summed E-state index contributed by atoms with van der Waals surface area (Å²) in [4.78, 5) is 2.34. The average molecular weight is 292 g/mol. The highest BCUT2D eigenvalue weighted by Crippen LogP contribution is 2.24. The van der Waals surface area contributed by atoms with Crippen LogP contribution in [0.15, 0.2) is 12.1 Å². The van der Waals surface area contributed by atoms with Crippen LogP contribution in [0.4, 0.5) is 0 Å². The second-order valence-electron chi connectivity index (χ2n) is 6.34. The monoisotopic (exact) mass is 292 g/mol. The number of likely N-dealkylation sites (N-methyl/N-ethyl adjacent to an activating group) is 2. The molecule has 1 aromatic rings. The number of benzene rings is 1. The molecule has 0 aliphatic rings. The van der Waals surface area contributed by atoms with Gasteiger partial charge in [0, 0.05) is 19.1 Å². The molecule has 0 radical (unpaired) electrons. The Balaban J connectivity index is 2.71. The van der Waals surface area contributed by atoms with E-state index < -0.39 is 0 Å². The van der Waals surface area contributed by atoms with Crippen LogP contribution in [-0.2, 0) is 4.74 Å². The lowest BCUT2D eigenvalue weighted by Gasteiger charge is -2.27. The zero-order chi connectivity index (χ0) is 16.0. The van der Waals surface area contributed by atoms with E-state index in [2.05, 4.69) is 64.0 Å². The molecule has 0 fully saturated rings. The molecule has 0 amide bonds. The largest absolute Gasteiger partial charge is 0.377 e. The Bertz CT molecular complexity index is 420. The van der Waals surface area contributed by atoms with Gasteiger partial charge in [0.1, 0.15) is 0 Å². The molecule has 1 unspecified atom stereocenters. The smallest absolute Gasteiger partial charge is 0.0596 e. The summed E-state index contributed by atoms with van der Waals surface area (Å²) in [6.45, 7) is 13.5. The molecule has 0 aliphatic carbocycles. The molecule has 0 heterocycles. The zero-order valence-electron chi connectivity index (χ0n) is 14.8. The van der Waals surface area contributed by atoms with Gasteiger partial charge in [-0.25, -0.2) is 0 Å². The summed E-state index contributed by atoms with van der Waals surface area (Å²) < 4.78 is 5.63. The van der Waals surface area contributed by atoms with Crippen LogP contribution in [0.1, 0.15) is 42.1 Å². The van der Waals surface area contributed by atoms with Crippen molar-refractivity contribution in [1.82, 2.24) is 10.2 Å². The van der Waals surface area contributed by atoms with Gasteiger partial charge in [0.2, 0.25) is 0 Å². The molecule has 120 valence electrons. The van der Waals surface area contributed by atoms with Gasteiger partial charge in [0.25, 0.3) is 0 Å². The molecular formula is C18H32N2O. The van der Waals surface area contributed by atoms with Crippen LogP contribution >= 0.6 is 0 Å². The minimum absolute atomic E-state index is 0.306. The Labute approximate surface area is 130 Å². The molecule has 3 heteroatoms. The fourth-order valence-electron chi connectivity index (χ4n) is 2.91. The fraction of sp³-hybridized carbons (Fsp3) is 0.667. The van der Waals surface area contributed by atoms with Crippen LogP contribution in [0.2, 0.25) is 0 Å². The van der Waals surface area contributed by atoms with Crippen LogP contribution in [0.25, 0.3) is 0 Å². The molecule has 1 rings (SSSR count).